The molecule has 4 heteroatoms. The van der Waals surface area contributed by atoms with Gasteiger partial charge in [-0.2, -0.15) is 0 Å². The molecule has 2 rings (SSSR count). The minimum Gasteiger partial charge on any atom is -0.326 e. The number of benzene rings is 1. The van der Waals surface area contributed by atoms with Crippen molar-refractivity contribution in [2.75, 3.05) is 25.0 Å². The van der Waals surface area contributed by atoms with Gasteiger partial charge in [-0.05, 0) is 30.5 Å². The molecule has 3 N–H and O–H groups in total. The molecule has 1 heterocycles. The zero-order valence-electron chi connectivity index (χ0n) is 11.6. The zero-order valence-corrected chi connectivity index (χ0v) is 11.6. The fourth-order valence-electron chi connectivity index (χ4n) is 2.60. The molecule has 0 radical (unpaired) electrons. The monoisotopic (exact) mass is 261 g/mol. The van der Waals surface area contributed by atoms with Gasteiger partial charge in [0.05, 0.1) is 6.54 Å². The largest absolute Gasteiger partial charge is 0.326 e. The van der Waals surface area contributed by atoms with Gasteiger partial charge in [-0.3, -0.25) is 9.69 Å². The summed E-state index contributed by atoms with van der Waals surface area (Å²) in [6.07, 6.45) is 2.41. The first kappa shape index (κ1) is 14.0. The van der Waals surface area contributed by atoms with Crippen LogP contribution in [0.4, 0.5) is 5.69 Å². The molecule has 0 aliphatic carbocycles. The summed E-state index contributed by atoms with van der Waals surface area (Å²) >= 11 is 0. The molecule has 4 nitrogen and oxygen atoms in total. The Bertz CT molecular complexity index is 433. The second kappa shape index (κ2) is 6.68. The molecule has 1 atom stereocenters. The van der Waals surface area contributed by atoms with Crippen LogP contribution in [-0.4, -0.2) is 30.4 Å². The second-order valence-corrected chi connectivity index (χ2v) is 5.21. The molecule has 1 unspecified atom stereocenters. The van der Waals surface area contributed by atoms with Gasteiger partial charge in [0, 0.05) is 18.8 Å². The summed E-state index contributed by atoms with van der Waals surface area (Å²) in [6.45, 7) is 5.21. The van der Waals surface area contributed by atoms with E-state index in [-0.39, 0.29) is 5.91 Å². The number of likely N-dealkylation sites (tertiary alicyclic amines) is 1. The maximum absolute atomic E-state index is 12.0. The second-order valence-electron chi connectivity index (χ2n) is 5.21. The van der Waals surface area contributed by atoms with E-state index in [0.29, 0.717) is 13.1 Å². The Kier molecular flexibility index (Phi) is 4.93. The third-order valence-corrected chi connectivity index (χ3v) is 3.83. The Morgan fingerprint density at radius 2 is 2.26 bits per heavy atom. The van der Waals surface area contributed by atoms with E-state index in [1.54, 1.807) is 0 Å². The predicted octanol–water partition coefficient (Wildman–Crippen LogP) is 1.82. The Labute approximate surface area is 115 Å². The summed E-state index contributed by atoms with van der Waals surface area (Å²) in [5, 5.41) is 2.96. The first-order valence-electron chi connectivity index (χ1n) is 7.03. The number of hydrogen-bond donors (Lipinski definition) is 2. The Hall–Kier alpha value is -1.39. The van der Waals surface area contributed by atoms with Crippen LogP contribution in [0.25, 0.3) is 0 Å². The Morgan fingerprint density at radius 3 is 2.95 bits per heavy atom. The van der Waals surface area contributed by atoms with E-state index in [0.717, 1.165) is 30.3 Å². The van der Waals surface area contributed by atoms with Crippen molar-refractivity contribution in [1.29, 1.82) is 0 Å². The molecule has 1 aromatic carbocycles. The summed E-state index contributed by atoms with van der Waals surface area (Å²) in [7, 11) is 0. The van der Waals surface area contributed by atoms with Crippen LogP contribution in [-0.2, 0) is 11.3 Å². The van der Waals surface area contributed by atoms with Gasteiger partial charge < -0.3 is 11.1 Å². The van der Waals surface area contributed by atoms with Crippen molar-refractivity contribution < 1.29 is 4.79 Å². The Morgan fingerprint density at radius 1 is 1.47 bits per heavy atom. The van der Waals surface area contributed by atoms with E-state index in [1.165, 1.54) is 12.8 Å². The molecule has 1 amide bonds. The van der Waals surface area contributed by atoms with Gasteiger partial charge in [0.2, 0.25) is 5.91 Å². The number of anilines is 1. The van der Waals surface area contributed by atoms with E-state index < -0.39 is 0 Å². The van der Waals surface area contributed by atoms with Crippen LogP contribution >= 0.6 is 0 Å². The average Bonchev–Trinajstić information content (AvgIpc) is 2.87. The number of carbonyl (C=O) groups excluding carboxylic acids is 1. The van der Waals surface area contributed by atoms with Crippen molar-refractivity contribution in [2.45, 2.75) is 26.3 Å². The zero-order chi connectivity index (χ0) is 13.7. The molecule has 0 bridgehead atoms. The van der Waals surface area contributed by atoms with Crippen LogP contribution < -0.4 is 11.1 Å². The first-order valence-corrected chi connectivity index (χ1v) is 7.03. The lowest BCUT2D eigenvalue weighted by molar-refractivity contribution is -0.117. The van der Waals surface area contributed by atoms with Crippen LogP contribution in [0, 0.1) is 5.92 Å². The molecular formula is C15H23N3O. The average molecular weight is 261 g/mol. The van der Waals surface area contributed by atoms with Gasteiger partial charge in [-0.15, -0.1) is 0 Å². The van der Waals surface area contributed by atoms with E-state index in [9.17, 15) is 4.79 Å². The lowest BCUT2D eigenvalue weighted by Crippen LogP contribution is -2.31. The minimum absolute atomic E-state index is 0.0534. The van der Waals surface area contributed by atoms with Crippen molar-refractivity contribution >= 4 is 11.6 Å². The highest BCUT2D eigenvalue weighted by molar-refractivity contribution is 5.93. The molecule has 19 heavy (non-hydrogen) atoms. The van der Waals surface area contributed by atoms with Crippen LogP contribution in [0.2, 0.25) is 0 Å². The summed E-state index contributed by atoms with van der Waals surface area (Å²) in [4.78, 5) is 14.3. The molecule has 0 spiro atoms. The number of para-hydroxylation sites is 1. The number of carbonyl (C=O) groups is 1. The Balaban J connectivity index is 1.87. The molecule has 1 saturated heterocycles. The third kappa shape index (κ3) is 3.78. The van der Waals surface area contributed by atoms with Crippen molar-refractivity contribution in [2.24, 2.45) is 11.7 Å². The fraction of sp³-hybridized carbons (Fsp3) is 0.533. The molecule has 0 saturated carbocycles. The van der Waals surface area contributed by atoms with E-state index >= 15 is 0 Å². The summed E-state index contributed by atoms with van der Waals surface area (Å²) in [5.41, 5.74) is 7.47. The van der Waals surface area contributed by atoms with E-state index in [4.69, 9.17) is 5.73 Å². The number of amides is 1. The van der Waals surface area contributed by atoms with Crippen LogP contribution in [0.5, 0.6) is 0 Å². The molecule has 1 aromatic rings. The first-order chi connectivity index (χ1) is 9.22. The van der Waals surface area contributed by atoms with Gasteiger partial charge in [0.1, 0.15) is 0 Å². The maximum atomic E-state index is 12.0. The fourth-order valence-corrected chi connectivity index (χ4v) is 2.60. The van der Waals surface area contributed by atoms with Gasteiger partial charge in [0.15, 0.2) is 0 Å². The standard InChI is InChI=1S/C15H23N3O/c1-2-12-7-8-18(10-12)11-15(19)17-14-6-4-3-5-13(14)9-16/h3-6,12H,2,7-11,16H2,1H3,(H,17,19). The predicted molar refractivity (Wildman–Crippen MR) is 77.8 cm³/mol. The maximum Gasteiger partial charge on any atom is 0.238 e. The van der Waals surface area contributed by atoms with Crippen molar-refractivity contribution in [3.8, 4) is 0 Å². The van der Waals surface area contributed by atoms with Crippen LogP contribution in [0.1, 0.15) is 25.3 Å². The smallest absolute Gasteiger partial charge is 0.238 e. The van der Waals surface area contributed by atoms with E-state index in [2.05, 4.69) is 17.1 Å². The van der Waals surface area contributed by atoms with Gasteiger partial charge in [-0.1, -0.05) is 31.5 Å². The normalized spacial score (nSPS) is 19.6. The third-order valence-electron chi connectivity index (χ3n) is 3.83. The summed E-state index contributed by atoms with van der Waals surface area (Å²) in [6, 6.07) is 7.69. The number of nitrogens with zero attached hydrogens (tertiary/aromatic N) is 1. The van der Waals surface area contributed by atoms with E-state index in [1.807, 2.05) is 24.3 Å². The van der Waals surface area contributed by atoms with Crippen LogP contribution in [0.15, 0.2) is 24.3 Å². The lowest BCUT2D eigenvalue weighted by Gasteiger charge is -2.16. The number of hydrogen-bond acceptors (Lipinski definition) is 3. The van der Waals surface area contributed by atoms with Crippen molar-refractivity contribution in [3.05, 3.63) is 29.8 Å². The quantitative estimate of drug-likeness (QED) is 0.850. The van der Waals surface area contributed by atoms with Crippen molar-refractivity contribution in [1.82, 2.24) is 4.90 Å². The summed E-state index contributed by atoms with van der Waals surface area (Å²) < 4.78 is 0. The van der Waals surface area contributed by atoms with Crippen LogP contribution in [0.3, 0.4) is 0 Å². The lowest BCUT2D eigenvalue weighted by atomic mass is 10.1. The molecule has 1 aliphatic heterocycles. The highest BCUT2D eigenvalue weighted by Crippen LogP contribution is 2.19. The highest BCUT2D eigenvalue weighted by atomic mass is 16.2. The van der Waals surface area contributed by atoms with Gasteiger partial charge >= 0.3 is 0 Å². The SMILES string of the molecule is CCC1CCN(CC(=O)Nc2ccccc2CN)C1. The highest BCUT2D eigenvalue weighted by Gasteiger charge is 2.22. The number of nitrogens with one attached hydrogen (secondary N) is 1. The summed E-state index contributed by atoms with van der Waals surface area (Å²) in [5.74, 6) is 0.807. The molecule has 1 aliphatic rings. The molecule has 104 valence electrons. The van der Waals surface area contributed by atoms with Crippen molar-refractivity contribution in [3.63, 3.8) is 0 Å². The van der Waals surface area contributed by atoms with Gasteiger partial charge in [-0.25, -0.2) is 0 Å². The molecule has 1 fully saturated rings. The number of nitrogens with two attached hydrogens (primary N) is 1. The topological polar surface area (TPSA) is 58.4 Å². The molecule has 0 aromatic heterocycles. The van der Waals surface area contributed by atoms with Gasteiger partial charge in [0.25, 0.3) is 0 Å². The minimum atomic E-state index is 0.0534. The molecular weight excluding hydrogens is 238 g/mol. The number of rotatable bonds is 5.